The fourth-order valence-corrected chi connectivity index (χ4v) is 4.59. The maximum Gasteiger partial charge on any atom is 0.223 e. The molecule has 1 saturated heterocycles. The molecule has 1 atom stereocenters. The van der Waals surface area contributed by atoms with E-state index < -0.39 is 0 Å². The lowest BCUT2D eigenvalue weighted by atomic mass is 10.0. The average molecular weight is 385 g/mol. The van der Waals surface area contributed by atoms with E-state index in [9.17, 15) is 9.59 Å². The van der Waals surface area contributed by atoms with E-state index in [0.29, 0.717) is 13.2 Å². The van der Waals surface area contributed by atoms with Crippen LogP contribution in [0.4, 0.5) is 0 Å². The summed E-state index contributed by atoms with van der Waals surface area (Å²) in [5.74, 6) is 1.62. The number of fused-ring (bicyclic) bond motifs is 1. The van der Waals surface area contributed by atoms with Gasteiger partial charge < -0.3 is 14.4 Å². The Bertz CT molecular complexity index is 860. The molecule has 27 heavy (non-hydrogen) atoms. The highest BCUT2D eigenvalue weighted by Crippen LogP contribution is 2.38. The van der Waals surface area contributed by atoms with Gasteiger partial charge in [0.1, 0.15) is 13.2 Å². The van der Waals surface area contributed by atoms with Gasteiger partial charge in [0.15, 0.2) is 17.3 Å². The van der Waals surface area contributed by atoms with Gasteiger partial charge in [-0.15, -0.1) is 11.3 Å². The highest BCUT2D eigenvalue weighted by atomic mass is 32.1. The second-order valence-corrected chi connectivity index (χ2v) is 8.27. The number of Topliss-reactive ketones (excluding diaryl/α,β-unsaturated/α-hetero) is 1. The van der Waals surface area contributed by atoms with E-state index in [1.807, 2.05) is 42.2 Å². The number of hydrogen-bond donors (Lipinski definition) is 0. The molecule has 0 N–H and O–H groups in total. The van der Waals surface area contributed by atoms with Crippen LogP contribution in [0.5, 0.6) is 11.5 Å². The SMILES string of the molecule is Cc1ccc(C(=O)CCC(=O)N2CCC[C@H]2c2ccc3c(c2)OCCO3)s1. The molecule has 0 radical (unpaired) electrons. The van der Waals surface area contributed by atoms with Gasteiger partial charge in [-0.2, -0.15) is 0 Å². The number of likely N-dealkylation sites (tertiary alicyclic amines) is 1. The number of rotatable bonds is 5. The summed E-state index contributed by atoms with van der Waals surface area (Å²) in [6.07, 6.45) is 2.44. The predicted molar refractivity (Wildman–Crippen MR) is 104 cm³/mol. The molecule has 0 aliphatic carbocycles. The van der Waals surface area contributed by atoms with Crippen LogP contribution >= 0.6 is 11.3 Å². The van der Waals surface area contributed by atoms with Crippen LogP contribution in [0.25, 0.3) is 0 Å². The predicted octanol–water partition coefficient (Wildman–Crippen LogP) is 4.15. The summed E-state index contributed by atoms with van der Waals surface area (Å²) in [6.45, 7) is 3.84. The number of nitrogens with zero attached hydrogens (tertiary/aromatic N) is 1. The van der Waals surface area contributed by atoms with Crippen LogP contribution < -0.4 is 9.47 Å². The third-order valence-electron chi connectivity index (χ3n) is 5.11. The van der Waals surface area contributed by atoms with E-state index in [1.54, 1.807) is 0 Å². The molecule has 0 spiro atoms. The van der Waals surface area contributed by atoms with Crippen molar-refractivity contribution in [2.45, 2.75) is 38.6 Å². The van der Waals surface area contributed by atoms with E-state index in [1.165, 1.54) is 11.3 Å². The lowest BCUT2D eigenvalue weighted by Crippen LogP contribution is -2.30. The number of benzene rings is 1. The summed E-state index contributed by atoms with van der Waals surface area (Å²) in [4.78, 5) is 28.8. The quantitative estimate of drug-likeness (QED) is 0.726. The van der Waals surface area contributed by atoms with Crippen LogP contribution in [0, 0.1) is 6.92 Å². The van der Waals surface area contributed by atoms with E-state index in [-0.39, 0.29) is 30.6 Å². The van der Waals surface area contributed by atoms with Gasteiger partial charge in [-0.3, -0.25) is 9.59 Å². The lowest BCUT2D eigenvalue weighted by molar-refractivity contribution is -0.132. The van der Waals surface area contributed by atoms with E-state index in [2.05, 4.69) is 0 Å². The zero-order chi connectivity index (χ0) is 18.8. The van der Waals surface area contributed by atoms with Crippen molar-refractivity contribution in [2.24, 2.45) is 0 Å². The van der Waals surface area contributed by atoms with Gasteiger partial charge in [0, 0.05) is 24.3 Å². The number of aryl methyl sites for hydroxylation is 1. The Morgan fingerprint density at radius 1 is 1.11 bits per heavy atom. The molecule has 2 aliphatic heterocycles. The van der Waals surface area contributed by atoms with Gasteiger partial charge in [0.2, 0.25) is 5.91 Å². The average Bonchev–Trinajstić information content (AvgIpc) is 3.34. The summed E-state index contributed by atoms with van der Waals surface area (Å²) in [5, 5.41) is 0. The van der Waals surface area contributed by atoms with Crippen molar-refractivity contribution >= 4 is 23.0 Å². The Morgan fingerprint density at radius 2 is 1.93 bits per heavy atom. The number of hydrogen-bond acceptors (Lipinski definition) is 5. The molecule has 1 aromatic heterocycles. The Balaban J connectivity index is 1.41. The molecule has 142 valence electrons. The van der Waals surface area contributed by atoms with Crippen LogP contribution in [-0.2, 0) is 4.79 Å². The smallest absolute Gasteiger partial charge is 0.223 e. The second kappa shape index (κ2) is 7.72. The highest BCUT2D eigenvalue weighted by Gasteiger charge is 2.31. The molecule has 2 aliphatic rings. The van der Waals surface area contributed by atoms with Gasteiger partial charge in [-0.05, 0) is 49.6 Å². The topological polar surface area (TPSA) is 55.8 Å². The van der Waals surface area contributed by atoms with Crippen molar-refractivity contribution in [3.8, 4) is 11.5 Å². The van der Waals surface area contributed by atoms with E-state index in [4.69, 9.17) is 9.47 Å². The number of thiophene rings is 1. The monoisotopic (exact) mass is 385 g/mol. The molecule has 1 amide bonds. The molecular weight excluding hydrogens is 362 g/mol. The summed E-state index contributed by atoms with van der Waals surface area (Å²) in [6, 6.07) is 9.77. The Hall–Kier alpha value is -2.34. The first kappa shape index (κ1) is 18.0. The normalized spacial score (nSPS) is 18.6. The number of ketones is 1. The van der Waals surface area contributed by atoms with E-state index >= 15 is 0 Å². The Morgan fingerprint density at radius 3 is 2.70 bits per heavy atom. The molecule has 6 heteroatoms. The largest absolute Gasteiger partial charge is 0.486 e. The lowest BCUT2D eigenvalue weighted by Gasteiger charge is -2.26. The number of ether oxygens (including phenoxy) is 2. The first-order chi connectivity index (χ1) is 13.1. The molecule has 1 fully saturated rings. The summed E-state index contributed by atoms with van der Waals surface area (Å²) in [7, 11) is 0. The molecule has 5 nitrogen and oxygen atoms in total. The molecule has 0 unspecified atom stereocenters. The van der Waals surface area contributed by atoms with E-state index in [0.717, 1.165) is 46.2 Å². The van der Waals surface area contributed by atoms with Crippen LogP contribution in [-0.4, -0.2) is 36.3 Å². The van der Waals surface area contributed by atoms with Crippen molar-refractivity contribution in [1.29, 1.82) is 0 Å². The van der Waals surface area contributed by atoms with Crippen molar-refractivity contribution in [3.05, 3.63) is 45.6 Å². The zero-order valence-corrected chi connectivity index (χ0v) is 16.2. The Kier molecular flexibility index (Phi) is 5.16. The van der Waals surface area contributed by atoms with Crippen LogP contribution in [0.1, 0.15) is 51.8 Å². The molecule has 4 rings (SSSR count). The van der Waals surface area contributed by atoms with Crippen molar-refractivity contribution in [1.82, 2.24) is 4.90 Å². The Labute approximate surface area is 162 Å². The summed E-state index contributed by atoms with van der Waals surface area (Å²) < 4.78 is 11.3. The third-order valence-corrected chi connectivity index (χ3v) is 6.15. The molecule has 0 bridgehead atoms. The van der Waals surface area contributed by atoms with Gasteiger partial charge in [0.05, 0.1) is 10.9 Å². The maximum atomic E-state index is 12.8. The standard InChI is InChI=1S/C21H23NO4S/c1-14-4-8-20(27-14)17(23)6-9-21(24)22-10-2-3-16(22)15-5-7-18-19(13-15)26-12-11-25-18/h4-5,7-8,13,16H,2-3,6,9-12H2,1H3/t16-/m0/s1. The minimum absolute atomic E-state index is 0.0485. The molecular formula is C21H23NO4S. The first-order valence-corrected chi connectivity index (χ1v) is 10.2. The zero-order valence-electron chi connectivity index (χ0n) is 15.4. The van der Waals surface area contributed by atoms with Gasteiger partial charge in [-0.1, -0.05) is 6.07 Å². The van der Waals surface area contributed by atoms with Crippen LogP contribution in [0.3, 0.4) is 0 Å². The number of carbonyl (C=O) groups excluding carboxylic acids is 2. The van der Waals surface area contributed by atoms with Crippen LogP contribution in [0.15, 0.2) is 30.3 Å². The van der Waals surface area contributed by atoms with Crippen molar-refractivity contribution in [2.75, 3.05) is 19.8 Å². The maximum absolute atomic E-state index is 12.8. The first-order valence-electron chi connectivity index (χ1n) is 9.40. The summed E-state index contributed by atoms with van der Waals surface area (Å²) >= 11 is 1.49. The third kappa shape index (κ3) is 3.86. The molecule has 0 saturated carbocycles. The highest BCUT2D eigenvalue weighted by molar-refractivity contribution is 7.14. The fraction of sp³-hybridized carbons (Fsp3) is 0.429. The van der Waals surface area contributed by atoms with Crippen molar-refractivity contribution in [3.63, 3.8) is 0 Å². The number of amides is 1. The minimum atomic E-state index is 0.0485. The second-order valence-electron chi connectivity index (χ2n) is 6.98. The van der Waals surface area contributed by atoms with Gasteiger partial charge in [0.25, 0.3) is 0 Å². The number of carbonyl (C=O) groups is 2. The molecule has 3 heterocycles. The molecule has 1 aromatic carbocycles. The van der Waals surface area contributed by atoms with Gasteiger partial charge in [-0.25, -0.2) is 0 Å². The molecule has 2 aromatic rings. The minimum Gasteiger partial charge on any atom is -0.486 e. The summed E-state index contributed by atoms with van der Waals surface area (Å²) in [5.41, 5.74) is 1.07. The fourth-order valence-electron chi connectivity index (χ4n) is 3.75. The van der Waals surface area contributed by atoms with Crippen molar-refractivity contribution < 1.29 is 19.1 Å². The van der Waals surface area contributed by atoms with Gasteiger partial charge >= 0.3 is 0 Å². The van der Waals surface area contributed by atoms with Crippen LogP contribution in [0.2, 0.25) is 0 Å².